The van der Waals surface area contributed by atoms with Crippen LogP contribution in [-0.4, -0.2) is 17.0 Å². The second kappa shape index (κ2) is 9.91. The molecule has 0 radical (unpaired) electrons. The lowest BCUT2D eigenvalue weighted by molar-refractivity contribution is 0.0969. The highest BCUT2D eigenvalue weighted by Crippen LogP contribution is 2.34. The number of ketones is 1. The first kappa shape index (κ1) is 19.9. The van der Waals surface area contributed by atoms with Gasteiger partial charge in [0.1, 0.15) is 0 Å². The maximum Gasteiger partial charge on any atom is 0.172 e. The summed E-state index contributed by atoms with van der Waals surface area (Å²) in [5, 5.41) is 9.96. The highest BCUT2D eigenvalue weighted by molar-refractivity contribution is 7.23. The molecule has 0 bridgehead atoms. The van der Waals surface area contributed by atoms with Crippen LogP contribution in [0.3, 0.4) is 0 Å². The van der Waals surface area contributed by atoms with Crippen LogP contribution in [0.25, 0.3) is 9.75 Å². The Bertz CT molecular complexity index is 743. The summed E-state index contributed by atoms with van der Waals surface area (Å²) < 4.78 is 0. The molecule has 4 heteroatoms. The Labute approximate surface area is 158 Å². The van der Waals surface area contributed by atoms with E-state index >= 15 is 0 Å². The summed E-state index contributed by atoms with van der Waals surface area (Å²) in [6.45, 7) is 6.16. The molecule has 0 aliphatic heterocycles. The number of hydrogen-bond donors (Lipinski definition) is 1. The number of aliphatic hydroxyl groups is 1. The minimum Gasteiger partial charge on any atom is -0.393 e. The Morgan fingerprint density at radius 3 is 2.52 bits per heavy atom. The molecule has 2 aromatic heterocycles. The average Bonchev–Trinajstić information content (AvgIpc) is 3.22. The fourth-order valence-corrected chi connectivity index (χ4v) is 4.55. The Balaban J connectivity index is 1.84. The molecule has 1 N–H and O–H groups in total. The number of aliphatic hydroxyl groups excluding tert-OH is 1. The van der Waals surface area contributed by atoms with Crippen molar-refractivity contribution in [1.29, 1.82) is 0 Å². The zero-order chi connectivity index (χ0) is 18.2. The summed E-state index contributed by atoms with van der Waals surface area (Å²) in [6.07, 6.45) is 3.56. The first-order valence-corrected chi connectivity index (χ1v) is 10.5. The van der Waals surface area contributed by atoms with Crippen molar-refractivity contribution < 1.29 is 9.90 Å². The van der Waals surface area contributed by atoms with Crippen molar-refractivity contribution in [2.75, 3.05) is 0 Å². The molecule has 2 heterocycles. The van der Waals surface area contributed by atoms with Gasteiger partial charge in [-0.15, -0.1) is 28.6 Å². The van der Waals surface area contributed by atoms with Crippen molar-refractivity contribution in [1.82, 2.24) is 0 Å². The van der Waals surface area contributed by atoms with Gasteiger partial charge in [0.05, 0.1) is 15.9 Å². The highest BCUT2D eigenvalue weighted by Gasteiger charge is 2.13. The van der Waals surface area contributed by atoms with Crippen molar-refractivity contribution in [2.24, 2.45) is 5.92 Å². The molecule has 1 unspecified atom stereocenters. The summed E-state index contributed by atoms with van der Waals surface area (Å²) in [4.78, 5) is 16.5. The molecular formula is C21H26O2S2. The predicted octanol–water partition coefficient (Wildman–Crippen LogP) is 6.00. The molecule has 134 valence electrons. The second-order valence-electron chi connectivity index (χ2n) is 6.64. The van der Waals surface area contributed by atoms with Crippen LogP contribution in [0.2, 0.25) is 0 Å². The molecule has 0 spiro atoms. The first-order chi connectivity index (χ1) is 12.0. The monoisotopic (exact) mass is 374 g/mol. The van der Waals surface area contributed by atoms with Crippen LogP contribution >= 0.6 is 22.7 Å². The summed E-state index contributed by atoms with van der Waals surface area (Å²) in [7, 11) is 0. The van der Waals surface area contributed by atoms with Crippen molar-refractivity contribution in [3.63, 3.8) is 0 Å². The molecule has 0 aromatic carbocycles. The van der Waals surface area contributed by atoms with Gasteiger partial charge in [-0.05, 0) is 62.8 Å². The van der Waals surface area contributed by atoms with Gasteiger partial charge in [-0.2, -0.15) is 0 Å². The average molecular weight is 375 g/mol. The lowest BCUT2D eigenvalue weighted by Gasteiger charge is -2.11. The predicted molar refractivity (Wildman–Crippen MR) is 108 cm³/mol. The minimum absolute atomic E-state index is 0.178. The number of rotatable bonds is 9. The van der Waals surface area contributed by atoms with Gasteiger partial charge in [-0.3, -0.25) is 4.79 Å². The number of carbonyl (C=O) groups is 1. The van der Waals surface area contributed by atoms with E-state index in [1.54, 1.807) is 22.7 Å². The Hall–Kier alpha value is -1.41. The summed E-state index contributed by atoms with van der Waals surface area (Å²) >= 11 is 3.21. The van der Waals surface area contributed by atoms with Gasteiger partial charge in [-0.1, -0.05) is 19.8 Å². The second-order valence-corrected chi connectivity index (χ2v) is 8.81. The van der Waals surface area contributed by atoms with Crippen molar-refractivity contribution in [3.8, 4) is 21.6 Å². The normalized spacial score (nSPS) is 12.0. The number of thiophene rings is 2. The minimum atomic E-state index is -0.279. The molecule has 0 fully saturated rings. The van der Waals surface area contributed by atoms with Gasteiger partial charge in [0.25, 0.3) is 0 Å². The maximum absolute atomic E-state index is 12.4. The van der Waals surface area contributed by atoms with E-state index < -0.39 is 0 Å². The largest absolute Gasteiger partial charge is 0.393 e. The third kappa shape index (κ3) is 6.43. The number of hydrogen-bond acceptors (Lipinski definition) is 4. The van der Waals surface area contributed by atoms with Crippen LogP contribution in [0.5, 0.6) is 0 Å². The smallest absolute Gasteiger partial charge is 0.172 e. The molecule has 0 aliphatic carbocycles. The molecular weight excluding hydrogens is 348 g/mol. The van der Waals surface area contributed by atoms with Gasteiger partial charge < -0.3 is 5.11 Å². The Morgan fingerprint density at radius 2 is 1.80 bits per heavy atom. The summed E-state index contributed by atoms with van der Waals surface area (Å²) in [5.41, 5.74) is 0. The van der Waals surface area contributed by atoms with Gasteiger partial charge in [-0.25, -0.2) is 0 Å². The molecule has 0 aliphatic rings. The van der Waals surface area contributed by atoms with Crippen LogP contribution < -0.4 is 0 Å². The molecule has 0 amide bonds. The zero-order valence-corrected chi connectivity index (χ0v) is 16.8. The fraction of sp³-hybridized carbons (Fsp3) is 0.476. The quantitative estimate of drug-likeness (QED) is 0.432. The van der Waals surface area contributed by atoms with E-state index in [4.69, 9.17) is 0 Å². The number of Topliss-reactive ketones (excluding diaryl/α,β-unsaturated/α-hetero) is 1. The molecule has 25 heavy (non-hydrogen) atoms. The first-order valence-electron chi connectivity index (χ1n) is 8.83. The van der Waals surface area contributed by atoms with Crippen LogP contribution in [0.4, 0.5) is 0 Å². The van der Waals surface area contributed by atoms with Gasteiger partial charge in [0.15, 0.2) is 5.78 Å². The van der Waals surface area contributed by atoms with Crippen LogP contribution in [0.1, 0.15) is 67.4 Å². The molecule has 0 saturated carbocycles. The van der Waals surface area contributed by atoms with Crippen molar-refractivity contribution >= 4 is 28.5 Å². The SMILES string of the molecule is CC#Cc1ccc(-c2ccc(C(=O)CCCC(O)CCC(C)C)s2)s1. The molecule has 0 saturated heterocycles. The van der Waals surface area contributed by atoms with E-state index in [0.29, 0.717) is 18.8 Å². The lowest BCUT2D eigenvalue weighted by atomic mass is 10.0. The van der Waals surface area contributed by atoms with E-state index in [1.165, 1.54) is 0 Å². The standard InChI is InChI=1S/C21H26O2S2/c1-4-6-17-11-12-20(24-17)21-14-13-19(25-21)18(23)8-5-7-16(22)10-9-15(2)3/h11-16,22H,5,7-10H2,1-3H3. The van der Waals surface area contributed by atoms with Crippen molar-refractivity contribution in [2.45, 2.75) is 59.0 Å². The van der Waals surface area contributed by atoms with E-state index in [-0.39, 0.29) is 11.9 Å². The van der Waals surface area contributed by atoms with Crippen LogP contribution in [0, 0.1) is 17.8 Å². The van der Waals surface area contributed by atoms with Gasteiger partial charge in [0.2, 0.25) is 0 Å². The van der Waals surface area contributed by atoms with Crippen LogP contribution in [-0.2, 0) is 0 Å². The number of carbonyl (C=O) groups excluding carboxylic acids is 1. The highest BCUT2D eigenvalue weighted by atomic mass is 32.1. The van der Waals surface area contributed by atoms with Gasteiger partial charge >= 0.3 is 0 Å². The Kier molecular flexibility index (Phi) is 7.90. The van der Waals surface area contributed by atoms with E-state index in [2.05, 4.69) is 31.8 Å². The van der Waals surface area contributed by atoms with Gasteiger partial charge in [0, 0.05) is 16.2 Å². The van der Waals surface area contributed by atoms with E-state index in [9.17, 15) is 9.90 Å². The summed E-state index contributed by atoms with van der Waals surface area (Å²) in [6, 6.07) is 8.03. The third-order valence-electron chi connectivity index (χ3n) is 4.00. The maximum atomic E-state index is 12.4. The third-order valence-corrected chi connectivity index (χ3v) is 6.32. The molecule has 2 rings (SSSR count). The molecule has 1 atom stereocenters. The lowest BCUT2D eigenvalue weighted by Crippen LogP contribution is -2.08. The van der Waals surface area contributed by atoms with Crippen molar-refractivity contribution in [3.05, 3.63) is 34.0 Å². The van der Waals surface area contributed by atoms with Crippen LogP contribution in [0.15, 0.2) is 24.3 Å². The summed E-state index contributed by atoms with van der Waals surface area (Å²) in [5.74, 6) is 6.77. The topological polar surface area (TPSA) is 37.3 Å². The van der Waals surface area contributed by atoms with E-state index in [0.717, 1.165) is 38.8 Å². The molecule has 2 aromatic rings. The van der Waals surface area contributed by atoms with E-state index in [1.807, 2.05) is 25.1 Å². The molecule has 2 nitrogen and oxygen atoms in total. The fourth-order valence-electron chi connectivity index (χ4n) is 2.57. The Morgan fingerprint density at radius 1 is 1.08 bits per heavy atom. The zero-order valence-electron chi connectivity index (χ0n) is 15.2.